The zero-order valence-corrected chi connectivity index (χ0v) is 13.0. The van der Waals surface area contributed by atoms with Crippen molar-refractivity contribution < 1.29 is 4.74 Å². The Balaban J connectivity index is 1.58. The molecule has 2 N–H and O–H groups in total. The Morgan fingerprint density at radius 1 is 1.10 bits per heavy atom. The second kappa shape index (κ2) is 7.28. The molecule has 1 aromatic carbocycles. The number of fused-ring (bicyclic) bond motifs is 4. The highest BCUT2D eigenvalue weighted by atomic mass is 16.5. The molecule has 4 rings (SSSR count). The number of nitrogens with two attached hydrogens (primary N) is 1. The Morgan fingerprint density at radius 2 is 1.81 bits per heavy atom. The summed E-state index contributed by atoms with van der Waals surface area (Å²) in [7, 11) is 0. The van der Waals surface area contributed by atoms with Crippen LogP contribution in [0.1, 0.15) is 37.7 Å². The first-order valence-corrected chi connectivity index (χ1v) is 8.47. The van der Waals surface area contributed by atoms with Crippen LogP contribution in [-0.2, 0) is 6.54 Å². The minimum atomic E-state index is 0.691. The number of nitrogens with zero attached hydrogens (tertiary/aromatic N) is 1. The Kier molecular flexibility index (Phi) is 5.15. The van der Waals surface area contributed by atoms with E-state index in [1.165, 1.54) is 44.3 Å². The van der Waals surface area contributed by atoms with Gasteiger partial charge in [0.05, 0.1) is 6.61 Å². The highest BCUT2D eigenvalue weighted by molar-refractivity contribution is 5.28. The standard InChI is InChI=1S/C18H28N2O/c19-9-2-10-21-18-4-1-3-17(11-18)14-20-12-15-5-6-16(13-20)8-7-15/h1,3-4,11,15-16H,2,5-10,12-14,19H2. The highest BCUT2D eigenvalue weighted by Gasteiger charge is 2.29. The summed E-state index contributed by atoms with van der Waals surface area (Å²) in [5.41, 5.74) is 6.88. The zero-order chi connectivity index (χ0) is 14.5. The van der Waals surface area contributed by atoms with E-state index >= 15 is 0 Å². The van der Waals surface area contributed by atoms with Crippen molar-refractivity contribution in [2.45, 2.75) is 38.6 Å². The van der Waals surface area contributed by atoms with E-state index in [1.807, 2.05) is 6.07 Å². The first kappa shape index (κ1) is 14.9. The van der Waals surface area contributed by atoms with Gasteiger partial charge in [-0.1, -0.05) is 12.1 Å². The van der Waals surface area contributed by atoms with Gasteiger partial charge in [0.2, 0.25) is 0 Å². The fourth-order valence-corrected chi connectivity index (χ4v) is 3.80. The van der Waals surface area contributed by atoms with Crippen molar-refractivity contribution in [1.82, 2.24) is 4.90 Å². The summed E-state index contributed by atoms with van der Waals surface area (Å²) in [4.78, 5) is 2.66. The van der Waals surface area contributed by atoms with Crippen LogP contribution in [-0.4, -0.2) is 31.1 Å². The minimum Gasteiger partial charge on any atom is -0.494 e. The van der Waals surface area contributed by atoms with Crippen LogP contribution < -0.4 is 10.5 Å². The van der Waals surface area contributed by atoms with Gasteiger partial charge >= 0.3 is 0 Å². The lowest BCUT2D eigenvalue weighted by atomic mass is 9.84. The summed E-state index contributed by atoms with van der Waals surface area (Å²) in [5.74, 6) is 2.86. The first-order chi connectivity index (χ1) is 10.3. The van der Waals surface area contributed by atoms with Crippen molar-refractivity contribution in [2.24, 2.45) is 17.6 Å². The van der Waals surface area contributed by atoms with Crippen LogP contribution in [0.15, 0.2) is 24.3 Å². The lowest BCUT2D eigenvalue weighted by Gasteiger charge is -2.22. The van der Waals surface area contributed by atoms with Crippen molar-refractivity contribution in [3.63, 3.8) is 0 Å². The fraction of sp³-hybridized carbons (Fsp3) is 0.667. The van der Waals surface area contributed by atoms with Crippen molar-refractivity contribution in [2.75, 3.05) is 26.2 Å². The highest BCUT2D eigenvalue weighted by Crippen LogP contribution is 2.34. The van der Waals surface area contributed by atoms with Gasteiger partial charge in [-0.25, -0.2) is 0 Å². The van der Waals surface area contributed by atoms with E-state index in [9.17, 15) is 0 Å². The van der Waals surface area contributed by atoms with Gasteiger partial charge in [0.15, 0.2) is 0 Å². The minimum absolute atomic E-state index is 0.691. The molecule has 0 atom stereocenters. The predicted octanol–water partition coefficient (Wildman–Crippen LogP) is 3.04. The molecule has 1 saturated carbocycles. The Hall–Kier alpha value is -1.06. The summed E-state index contributed by atoms with van der Waals surface area (Å²) < 4.78 is 5.76. The molecule has 1 aliphatic carbocycles. The van der Waals surface area contributed by atoms with Gasteiger partial charge in [-0.05, 0) is 68.2 Å². The SMILES string of the molecule is NCCCOc1cccc(CN2CC3CCC(CC3)C2)c1. The molecule has 2 bridgehead atoms. The average Bonchev–Trinajstić information content (AvgIpc) is 2.80. The van der Waals surface area contributed by atoms with Crippen molar-refractivity contribution >= 4 is 0 Å². The van der Waals surface area contributed by atoms with Gasteiger partial charge in [-0.15, -0.1) is 0 Å². The van der Waals surface area contributed by atoms with Gasteiger partial charge < -0.3 is 10.5 Å². The zero-order valence-electron chi connectivity index (χ0n) is 13.0. The van der Waals surface area contributed by atoms with E-state index < -0.39 is 0 Å². The molecule has 0 amide bonds. The molecule has 3 nitrogen and oxygen atoms in total. The number of rotatable bonds is 6. The predicted molar refractivity (Wildman–Crippen MR) is 86.3 cm³/mol. The van der Waals surface area contributed by atoms with Crippen LogP contribution in [0.4, 0.5) is 0 Å². The van der Waals surface area contributed by atoms with Gasteiger partial charge in [0, 0.05) is 19.6 Å². The molecule has 2 aliphatic heterocycles. The molecule has 0 spiro atoms. The van der Waals surface area contributed by atoms with Gasteiger partial charge in [0.1, 0.15) is 5.75 Å². The third kappa shape index (κ3) is 4.21. The Bertz CT molecular complexity index is 427. The average molecular weight is 288 g/mol. The summed E-state index contributed by atoms with van der Waals surface area (Å²) in [6.45, 7) is 5.05. The second-order valence-electron chi connectivity index (χ2n) is 6.72. The van der Waals surface area contributed by atoms with Crippen LogP contribution in [0.3, 0.4) is 0 Å². The first-order valence-electron chi connectivity index (χ1n) is 8.47. The van der Waals surface area contributed by atoms with Crippen LogP contribution in [0.5, 0.6) is 5.75 Å². The molecule has 0 radical (unpaired) electrons. The van der Waals surface area contributed by atoms with E-state index in [0.29, 0.717) is 13.2 Å². The smallest absolute Gasteiger partial charge is 0.119 e. The van der Waals surface area contributed by atoms with Crippen molar-refractivity contribution in [3.05, 3.63) is 29.8 Å². The molecule has 0 unspecified atom stereocenters. The summed E-state index contributed by atoms with van der Waals surface area (Å²) in [5, 5.41) is 0. The van der Waals surface area contributed by atoms with Crippen LogP contribution >= 0.6 is 0 Å². The maximum Gasteiger partial charge on any atom is 0.119 e. The Labute approximate surface area is 128 Å². The normalized spacial score (nSPS) is 25.8. The molecular weight excluding hydrogens is 260 g/mol. The van der Waals surface area contributed by atoms with E-state index in [4.69, 9.17) is 10.5 Å². The molecule has 116 valence electrons. The van der Waals surface area contributed by atoms with E-state index in [1.54, 1.807) is 0 Å². The second-order valence-corrected chi connectivity index (χ2v) is 6.72. The molecule has 2 saturated heterocycles. The number of ether oxygens (including phenoxy) is 1. The quantitative estimate of drug-likeness (QED) is 0.818. The summed E-state index contributed by atoms with van der Waals surface area (Å²) in [6.07, 6.45) is 6.71. The monoisotopic (exact) mass is 288 g/mol. The molecule has 3 heteroatoms. The lowest BCUT2D eigenvalue weighted by molar-refractivity contribution is 0.243. The third-order valence-corrected chi connectivity index (χ3v) is 4.92. The van der Waals surface area contributed by atoms with Gasteiger partial charge in [-0.3, -0.25) is 4.90 Å². The van der Waals surface area contributed by atoms with Crippen LogP contribution in [0.25, 0.3) is 0 Å². The molecule has 21 heavy (non-hydrogen) atoms. The maximum atomic E-state index is 5.76. The van der Waals surface area contributed by atoms with E-state index in [-0.39, 0.29) is 0 Å². The lowest BCUT2D eigenvalue weighted by Crippen LogP contribution is -2.27. The van der Waals surface area contributed by atoms with Crippen LogP contribution in [0.2, 0.25) is 0 Å². The summed E-state index contributed by atoms with van der Waals surface area (Å²) in [6, 6.07) is 8.58. The fourth-order valence-electron chi connectivity index (χ4n) is 3.80. The molecular formula is C18H28N2O. The topological polar surface area (TPSA) is 38.5 Å². The van der Waals surface area contributed by atoms with E-state index in [0.717, 1.165) is 30.6 Å². The summed E-state index contributed by atoms with van der Waals surface area (Å²) >= 11 is 0. The molecule has 1 aromatic rings. The van der Waals surface area contributed by atoms with E-state index in [2.05, 4.69) is 23.1 Å². The molecule has 3 aliphatic rings. The van der Waals surface area contributed by atoms with Crippen molar-refractivity contribution in [1.29, 1.82) is 0 Å². The number of benzene rings is 1. The number of hydrogen-bond acceptors (Lipinski definition) is 3. The maximum absolute atomic E-state index is 5.76. The molecule has 3 fully saturated rings. The molecule has 0 aromatic heterocycles. The third-order valence-electron chi connectivity index (χ3n) is 4.92. The number of hydrogen-bond donors (Lipinski definition) is 1. The van der Waals surface area contributed by atoms with Crippen molar-refractivity contribution in [3.8, 4) is 5.75 Å². The van der Waals surface area contributed by atoms with Crippen LogP contribution in [0, 0.1) is 11.8 Å². The largest absolute Gasteiger partial charge is 0.494 e. The Morgan fingerprint density at radius 3 is 2.48 bits per heavy atom. The molecule has 2 heterocycles. The van der Waals surface area contributed by atoms with Gasteiger partial charge in [-0.2, -0.15) is 0 Å². The van der Waals surface area contributed by atoms with Gasteiger partial charge in [0.25, 0.3) is 0 Å².